The molecule has 4 aromatic heterocycles. The fraction of sp³-hybridized carbons (Fsp3) is 0.116. The molecule has 368 valence electrons. The Kier molecular flexibility index (Phi) is 16.2. The van der Waals surface area contributed by atoms with E-state index in [0.717, 1.165) is 47.6 Å². The molecule has 0 aliphatic carbocycles. The van der Waals surface area contributed by atoms with Crippen LogP contribution in [-0.4, -0.2) is 60.1 Å². The smallest absolute Gasteiger partial charge is 0.417 e. The summed E-state index contributed by atoms with van der Waals surface area (Å²) in [7, 11) is -5.75. The number of rotatable bonds is 10. The van der Waals surface area contributed by atoms with E-state index in [1.807, 2.05) is 0 Å². The van der Waals surface area contributed by atoms with E-state index in [1.54, 1.807) is 0 Å². The van der Waals surface area contributed by atoms with Crippen LogP contribution in [0, 0.1) is 0 Å². The highest BCUT2D eigenvalue weighted by atomic mass is 35.5. The maximum absolute atomic E-state index is 13.3. The van der Waals surface area contributed by atoms with E-state index >= 15 is 0 Å². The second kappa shape index (κ2) is 21.0. The van der Waals surface area contributed by atoms with Gasteiger partial charge in [-0.2, -0.15) is 36.2 Å². The number of hydrogen-bond donors (Lipinski definition) is 2. The van der Waals surface area contributed by atoms with Crippen LogP contribution in [0.1, 0.15) is 18.6 Å². The molecular formula is C43H35Cl2F6N8O8PS2. The van der Waals surface area contributed by atoms with E-state index in [4.69, 9.17) is 32.7 Å². The highest BCUT2D eigenvalue weighted by Gasteiger charge is 2.36. The van der Waals surface area contributed by atoms with Gasteiger partial charge >= 0.3 is 12.4 Å². The number of ether oxygens (including phenoxy) is 2. The third-order valence-corrected chi connectivity index (χ3v) is 13.0. The lowest BCUT2D eigenvalue weighted by Gasteiger charge is -2.17. The largest absolute Gasteiger partial charge is 0.495 e. The van der Waals surface area contributed by atoms with Gasteiger partial charge in [-0.05, 0) is 84.9 Å². The lowest BCUT2D eigenvalue weighted by molar-refractivity contribution is -0.138. The van der Waals surface area contributed by atoms with Crippen LogP contribution in [0.4, 0.5) is 38.0 Å². The molecule has 1 unspecified atom stereocenters. The molecule has 0 aliphatic rings. The fourth-order valence-corrected chi connectivity index (χ4v) is 9.19. The molecule has 0 saturated carbocycles. The second-order valence-corrected chi connectivity index (χ2v) is 18.0. The number of halogens is 8. The molecule has 1 atom stereocenters. The summed E-state index contributed by atoms with van der Waals surface area (Å²) in [6, 6.07) is 19.0. The summed E-state index contributed by atoms with van der Waals surface area (Å²) in [4.78, 5) is 40.2. The van der Waals surface area contributed by atoms with Gasteiger partial charge in [0.2, 0.25) is 0 Å². The minimum atomic E-state index is -4.73. The second-order valence-electron chi connectivity index (χ2n) is 13.9. The Morgan fingerprint density at radius 3 is 1.24 bits per heavy atom. The minimum absolute atomic E-state index is 0. The number of nitrogens with zero attached hydrogens (tertiary/aromatic N) is 6. The maximum atomic E-state index is 13.3. The third-order valence-electron chi connectivity index (χ3n) is 9.62. The van der Waals surface area contributed by atoms with Gasteiger partial charge in [-0.3, -0.25) is 28.2 Å². The van der Waals surface area contributed by atoms with Gasteiger partial charge in [0.25, 0.3) is 31.2 Å². The van der Waals surface area contributed by atoms with E-state index in [1.165, 1.54) is 85.7 Å². The quantitative estimate of drug-likeness (QED) is 0.0971. The lowest BCUT2D eigenvalue weighted by Crippen LogP contribution is -2.19. The zero-order valence-electron chi connectivity index (χ0n) is 35.0. The van der Waals surface area contributed by atoms with Crippen molar-refractivity contribution in [3.05, 3.63) is 164 Å². The molecule has 27 heteroatoms. The van der Waals surface area contributed by atoms with Gasteiger partial charge in [-0.1, -0.05) is 30.6 Å². The van der Waals surface area contributed by atoms with Crippen LogP contribution in [0.25, 0.3) is 33.2 Å². The zero-order chi connectivity index (χ0) is 49.3. The summed E-state index contributed by atoms with van der Waals surface area (Å²) in [6.07, 6.45) is -4.36. The van der Waals surface area contributed by atoms with Crippen molar-refractivity contribution in [1.82, 2.24) is 29.1 Å². The van der Waals surface area contributed by atoms with Crippen molar-refractivity contribution in [2.24, 2.45) is 0 Å². The standard InChI is InChI=1S/2C21H14ClF3N4O4S.CH4.H3P/c2*1-33-18-9-14(21(23,24)25)15(22)10-17(18)29-16-4-3-13(8-12(16)2-5-20(29)30)34(31,32)28-19-6-7-26-11-27-19;;/h2*2-11H,1H3,(H,26,27,28);1H4;1H3. The predicted molar refractivity (Wildman–Crippen MR) is 256 cm³/mol. The van der Waals surface area contributed by atoms with Crippen LogP contribution < -0.4 is 30.0 Å². The summed E-state index contributed by atoms with van der Waals surface area (Å²) in [6.45, 7) is 0. The van der Waals surface area contributed by atoms with E-state index < -0.39 is 64.7 Å². The molecule has 0 bridgehead atoms. The summed E-state index contributed by atoms with van der Waals surface area (Å²) < 4.78 is 148. The summed E-state index contributed by atoms with van der Waals surface area (Å²) in [5.74, 6) is -0.365. The third kappa shape index (κ3) is 11.4. The van der Waals surface area contributed by atoms with Crippen molar-refractivity contribution in [3.63, 3.8) is 0 Å². The Bertz CT molecular complexity index is 3360. The Hall–Kier alpha value is -6.85. The summed E-state index contributed by atoms with van der Waals surface area (Å²) in [5, 5.41) is -0.604. The highest BCUT2D eigenvalue weighted by molar-refractivity contribution is 7.93. The molecule has 70 heavy (non-hydrogen) atoms. The molecule has 4 aromatic carbocycles. The SMILES string of the molecule is C.COc1cc(C(F)(F)F)c(Cl)cc1-n1c(=O)ccc2cc(S(=O)(=O)Nc3ccncn3)ccc21.COc1cc(C(F)(F)F)c(Cl)cc1-n1c(=O)ccc2cc(S(=O)(=O)Nc3ccncn3)ccc21.P. The van der Waals surface area contributed by atoms with Crippen LogP contribution in [0.2, 0.25) is 10.0 Å². The summed E-state index contributed by atoms with van der Waals surface area (Å²) >= 11 is 11.7. The summed E-state index contributed by atoms with van der Waals surface area (Å²) in [5.41, 5.74) is -3.03. The molecule has 0 amide bonds. The number of hydrogen-bond acceptors (Lipinski definition) is 12. The van der Waals surface area contributed by atoms with Crippen molar-refractivity contribution in [3.8, 4) is 22.9 Å². The van der Waals surface area contributed by atoms with Crippen molar-refractivity contribution >= 4 is 86.6 Å². The number of benzene rings is 4. The Morgan fingerprint density at radius 1 is 0.557 bits per heavy atom. The number of alkyl halides is 6. The molecule has 2 N–H and O–H groups in total. The number of aromatic nitrogens is 6. The average molecular weight is 1070 g/mol. The van der Waals surface area contributed by atoms with Crippen LogP contribution in [0.15, 0.2) is 141 Å². The van der Waals surface area contributed by atoms with Gasteiger partial charge in [0.05, 0.1) is 67.6 Å². The van der Waals surface area contributed by atoms with Crippen molar-refractivity contribution in [2.45, 2.75) is 29.6 Å². The van der Waals surface area contributed by atoms with Crippen LogP contribution in [0.3, 0.4) is 0 Å². The van der Waals surface area contributed by atoms with Crippen molar-refractivity contribution in [1.29, 1.82) is 0 Å². The number of methoxy groups -OCH3 is 2. The molecule has 4 heterocycles. The van der Waals surface area contributed by atoms with Gasteiger partial charge < -0.3 is 9.47 Å². The van der Waals surface area contributed by atoms with Gasteiger partial charge in [0.1, 0.15) is 35.8 Å². The molecule has 0 saturated heterocycles. The lowest BCUT2D eigenvalue weighted by atomic mass is 10.1. The predicted octanol–water partition coefficient (Wildman–Crippen LogP) is 9.22. The first-order valence-electron chi connectivity index (χ1n) is 18.8. The number of sulfonamides is 2. The molecular weight excluding hydrogens is 1040 g/mol. The van der Waals surface area contributed by atoms with Gasteiger partial charge in [0.15, 0.2) is 0 Å². The average Bonchev–Trinajstić information content (AvgIpc) is 3.28. The first-order chi connectivity index (χ1) is 32.0. The maximum Gasteiger partial charge on any atom is 0.417 e. The van der Waals surface area contributed by atoms with E-state index in [2.05, 4.69) is 29.4 Å². The molecule has 8 rings (SSSR count). The monoisotopic (exact) mass is 1070 g/mol. The molecule has 8 aromatic rings. The molecule has 0 spiro atoms. The fourth-order valence-electron chi connectivity index (χ4n) is 6.57. The van der Waals surface area contributed by atoms with Crippen molar-refractivity contribution in [2.75, 3.05) is 23.7 Å². The Balaban J connectivity index is 0.000000254. The first kappa shape index (κ1) is 54.1. The van der Waals surface area contributed by atoms with Crippen LogP contribution in [0.5, 0.6) is 11.5 Å². The minimum Gasteiger partial charge on any atom is -0.495 e. The van der Waals surface area contributed by atoms with Gasteiger partial charge in [0, 0.05) is 35.3 Å². The van der Waals surface area contributed by atoms with Gasteiger partial charge in [-0.25, -0.2) is 36.8 Å². The molecule has 16 nitrogen and oxygen atoms in total. The van der Waals surface area contributed by atoms with E-state index in [9.17, 15) is 52.8 Å². The highest BCUT2D eigenvalue weighted by Crippen LogP contribution is 2.41. The van der Waals surface area contributed by atoms with Crippen molar-refractivity contribution < 1.29 is 52.7 Å². The number of pyridine rings is 2. The molecule has 0 aliphatic heterocycles. The van der Waals surface area contributed by atoms with Crippen LogP contribution in [-0.2, 0) is 32.4 Å². The number of nitrogens with one attached hydrogen (secondary N) is 2. The van der Waals surface area contributed by atoms with Gasteiger partial charge in [-0.15, -0.1) is 0 Å². The molecule has 0 radical (unpaired) electrons. The normalized spacial score (nSPS) is 11.7. The first-order valence-corrected chi connectivity index (χ1v) is 22.5. The number of fused-ring (bicyclic) bond motifs is 2. The topological polar surface area (TPSA) is 206 Å². The van der Waals surface area contributed by atoms with E-state index in [-0.39, 0.29) is 72.7 Å². The molecule has 0 fully saturated rings. The zero-order valence-corrected chi connectivity index (χ0v) is 39.6. The van der Waals surface area contributed by atoms with Crippen LogP contribution >= 0.6 is 33.1 Å². The number of anilines is 2. The Morgan fingerprint density at radius 2 is 0.929 bits per heavy atom. The Labute approximate surface area is 406 Å². The van der Waals surface area contributed by atoms with E-state index in [0.29, 0.717) is 22.9 Å².